The van der Waals surface area contributed by atoms with Crippen LogP contribution in [0.15, 0.2) is 42.5 Å². The maximum Gasteiger partial charge on any atom is 0.410 e. The molecule has 0 radical (unpaired) electrons. The molecule has 1 aliphatic carbocycles. The van der Waals surface area contributed by atoms with Crippen LogP contribution in [0.5, 0.6) is 0 Å². The minimum atomic E-state index is -1.03. The van der Waals surface area contributed by atoms with Crippen molar-refractivity contribution in [3.8, 4) is 0 Å². The summed E-state index contributed by atoms with van der Waals surface area (Å²) in [6.07, 6.45) is 3.02. The highest BCUT2D eigenvalue weighted by Gasteiger charge is 2.50. The van der Waals surface area contributed by atoms with E-state index in [1.807, 2.05) is 36.4 Å². The van der Waals surface area contributed by atoms with Crippen LogP contribution in [-0.4, -0.2) is 40.7 Å². The Morgan fingerprint density at radius 1 is 1.27 bits per heavy atom. The number of likely N-dealkylation sites (tertiary alicyclic amines) is 1. The van der Waals surface area contributed by atoms with Crippen molar-refractivity contribution in [2.24, 2.45) is 17.6 Å². The Labute approximate surface area is 128 Å². The third-order valence-corrected chi connectivity index (χ3v) is 4.34. The SMILES string of the molecule is N[C@H]1C=C[C@H]2[C@@H]1CN(C(=O)OCc1ccccc1)[C@@H]2C(=O)O. The quantitative estimate of drug-likeness (QED) is 0.819. The number of hydrogen-bond acceptors (Lipinski definition) is 4. The van der Waals surface area contributed by atoms with Crippen molar-refractivity contribution in [1.82, 2.24) is 4.90 Å². The van der Waals surface area contributed by atoms with Crippen LogP contribution in [0.3, 0.4) is 0 Å². The van der Waals surface area contributed by atoms with E-state index in [1.54, 1.807) is 6.08 Å². The first-order valence-electron chi connectivity index (χ1n) is 7.22. The lowest BCUT2D eigenvalue weighted by molar-refractivity contribution is -0.142. The van der Waals surface area contributed by atoms with Crippen molar-refractivity contribution in [3.05, 3.63) is 48.0 Å². The second kappa shape index (κ2) is 5.81. The van der Waals surface area contributed by atoms with Gasteiger partial charge in [-0.25, -0.2) is 9.59 Å². The number of nitrogens with two attached hydrogens (primary N) is 1. The van der Waals surface area contributed by atoms with Crippen LogP contribution < -0.4 is 5.73 Å². The second-order valence-corrected chi connectivity index (χ2v) is 5.68. The van der Waals surface area contributed by atoms with Crippen molar-refractivity contribution >= 4 is 12.1 Å². The average Bonchev–Trinajstić information content (AvgIpc) is 3.06. The molecule has 1 heterocycles. The highest BCUT2D eigenvalue weighted by molar-refractivity contribution is 5.82. The fourth-order valence-electron chi connectivity index (χ4n) is 3.22. The third kappa shape index (κ3) is 2.57. The van der Waals surface area contributed by atoms with Gasteiger partial charge in [-0.2, -0.15) is 0 Å². The molecule has 4 atom stereocenters. The van der Waals surface area contributed by atoms with Crippen LogP contribution in [0.1, 0.15) is 5.56 Å². The summed E-state index contributed by atoms with van der Waals surface area (Å²) in [4.78, 5) is 25.0. The Kier molecular flexibility index (Phi) is 3.85. The number of amides is 1. The number of hydrogen-bond donors (Lipinski definition) is 2. The molecule has 116 valence electrons. The van der Waals surface area contributed by atoms with Gasteiger partial charge in [0.25, 0.3) is 0 Å². The summed E-state index contributed by atoms with van der Waals surface area (Å²) in [6, 6.07) is 8.16. The summed E-state index contributed by atoms with van der Waals surface area (Å²) >= 11 is 0. The van der Waals surface area contributed by atoms with Crippen LogP contribution in [0.4, 0.5) is 4.79 Å². The molecule has 1 aromatic rings. The van der Waals surface area contributed by atoms with Crippen molar-refractivity contribution < 1.29 is 19.4 Å². The van der Waals surface area contributed by atoms with Crippen molar-refractivity contribution in [2.45, 2.75) is 18.7 Å². The molecule has 1 aromatic carbocycles. The molecule has 3 rings (SSSR count). The summed E-state index contributed by atoms with van der Waals surface area (Å²) < 4.78 is 5.25. The Morgan fingerprint density at radius 2 is 2.00 bits per heavy atom. The van der Waals surface area contributed by atoms with Gasteiger partial charge in [0, 0.05) is 24.4 Å². The van der Waals surface area contributed by atoms with Gasteiger partial charge in [0.15, 0.2) is 0 Å². The van der Waals surface area contributed by atoms with Crippen molar-refractivity contribution in [2.75, 3.05) is 6.54 Å². The maximum absolute atomic E-state index is 12.2. The molecular weight excluding hydrogens is 284 g/mol. The van der Waals surface area contributed by atoms with E-state index in [0.717, 1.165) is 5.56 Å². The average molecular weight is 302 g/mol. The number of carboxylic acids is 1. The van der Waals surface area contributed by atoms with Gasteiger partial charge in [0.2, 0.25) is 0 Å². The number of ether oxygens (including phenoxy) is 1. The van der Waals surface area contributed by atoms with Gasteiger partial charge in [-0.3, -0.25) is 4.90 Å². The molecule has 0 bridgehead atoms. The monoisotopic (exact) mass is 302 g/mol. The summed E-state index contributed by atoms with van der Waals surface area (Å²) in [5.74, 6) is -1.31. The normalized spacial score (nSPS) is 29.4. The molecule has 3 N–H and O–H groups in total. The van der Waals surface area contributed by atoms with E-state index >= 15 is 0 Å². The van der Waals surface area contributed by atoms with Gasteiger partial charge in [-0.15, -0.1) is 0 Å². The number of aliphatic carboxylic acids is 1. The molecule has 1 amide bonds. The highest BCUT2D eigenvalue weighted by atomic mass is 16.6. The maximum atomic E-state index is 12.2. The topological polar surface area (TPSA) is 92.9 Å². The first-order chi connectivity index (χ1) is 10.6. The van der Waals surface area contributed by atoms with Crippen LogP contribution in [0.2, 0.25) is 0 Å². The van der Waals surface area contributed by atoms with Crippen LogP contribution >= 0.6 is 0 Å². The minimum Gasteiger partial charge on any atom is -0.480 e. The largest absolute Gasteiger partial charge is 0.480 e. The molecule has 1 fully saturated rings. The Bertz CT molecular complexity index is 601. The van der Waals surface area contributed by atoms with E-state index < -0.39 is 18.1 Å². The van der Waals surface area contributed by atoms with Crippen molar-refractivity contribution in [3.63, 3.8) is 0 Å². The zero-order valence-corrected chi connectivity index (χ0v) is 12.0. The summed E-state index contributed by atoms with van der Waals surface area (Å²) in [7, 11) is 0. The molecule has 0 aromatic heterocycles. The third-order valence-electron chi connectivity index (χ3n) is 4.34. The number of carbonyl (C=O) groups is 2. The summed E-state index contributed by atoms with van der Waals surface area (Å²) in [5.41, 5.74) is 6.81. The second-order valence-electron chi connectivity index (χ2n) is 5.68. The van der Waals surface area contributed by atoms with Gasteiger partial charge in [-0.1, -0.05) is 42.5 Å². The van der Waals surface area contributed by atoms with E-state index in [4.69, 9.17) is 10.5 Å². The molecule has 2 aliphatic rings. The van der Waals surface area contributed by atoms with E-state index in [1.165, 1.54) is 4.90 Å². The number of carboxylic acid groups (broad SMARTS) is 1. The fraction of sp³-hybridized carbons (Fsp3) is 0.375. The predicted molar refractivity (Wildman–Crippen MR) is 78.9 cm³/mol. The first kappa shape index (κ1) is 14.6. The number of rotatable bonds is 3. The minimum absolute atomic E-state index is 0.0506. The van der Waals surface area contributed by atoms with Gasteiger partial charge >= 0.3 is 12.1 Å². The lowest BCUT2D eigenvalue weighted by atomic mass is 9.92. The lowest BCUT2D eigenvalue weighted by Crippen LogP contribution is -2.43. The summed E-state index contributed by atoms with van der Waals surface area (Å²) in [5, 5.41) is 9.43. The van der Waals surface area contributed by atoms with Crippen LogP contribution in [0, 0.1) is 11.8 Å². The van der Waals surface area contributed by atoms with E-state index in [0.29, 0.717) is 6.54 Å². The molecule has 22 heavy (non-hydrogen) atoms. The zero-order valence-electron chi connectivity index (χ0n) is 12.0. The highest BCUT2D eigenvalue weighted by Crippen LogP contribution is 2.37. The Balaban J connectivity index is 1.69. The standard InChI is InChI=1S/C16H18N2O4/c17-13-7-6-11-12(13)8-18(14(11)15(19)20)16(21)22-9-10-4-2-1-3-5-10/h1-7,11-14H,8-9,17H2,(H,19,20)/t11-,12-,13-,14-/m0/s1. The molecular formula is C16H18N2O4. The predicted octanol–water partition coefficient (Wildman–Crippen LogP) is 1.22. The summed E-state index contributed by atoms with van der Waals surface area (Å²) in [6.45, 7) is 0.434. The molecule has 1 saturated heterocycles. The van der Waals surface area contributed by atoms with E-state index in [9.17, 15) is 14.7 Å². The number of benzene rings is 1. The van der Waals surface area contributed by atoms with E-state index in [2.05, 4.69) is 0 Å². The Hall–Kier alpha value is -2.34. The number of carbonyl (C=O) groups excluding carboxylic acids is 1. The van der Waals surface area contributed by atoms with Gasteiger partial charge in [-0.05, 0) is 5.56 Å². The molecule has 0 unspecified atom stereocenters. The van der Waals surface area contributed by atoms with Gasteiger partial charge in [0.1, 0.15) is 12.6 Å². The van der Waals surface area contributed by atoms with Crippen LogP contribution in [-0.2, 0) is 16.1 Å². The lowest BCUT2D eigenvalue weighted by Gasteiger charge is -2.22. The number of nitrogens with zero attached hydrogens (tertiary/aromatic N) is 1. The van der Waals surface area contributed by atoms with Gasteiger partial charge in [0.05, 0.1) is 0 Å². The van der Waals surface area contributed by atoms with Crippen LogP contribution in [0.25, 0.3) is 0 Å². The smallest absolute Gasteiger partial charge is 0.410 e. The van der Waals surface area contributed by atoms with E-state index in [-0.39, 0.29) is 24.5 Å². The zero-order chi connectivity index (χ0) is 15.7. The molecule has 1 aliphatic heterocycles. The first-order valence-corrected chi connectivity index (χ1v) is 7.22. The number of fused-ring (bicyclic) bond motifs is 1. The molecule has 6 nitrogen and oxygen atoms in total. The van der Waals surface area contributed by atoms with Gasteiger partial charge < -0.3 is 15.6 Å². The molecule has 0 spiro atoms. The molecule has 0 saturated carbocycles. The fourth-order valence-corrected chi connectivity index (χ4v) is 3.22. The Morgan fingerprint density at radius 3 is 2.68 bits per heavy atom. The van der Waals surface area contributed by atoms with Crippen molar-refractivity contribution in [1.29, 1.82) is 0 Å². The molecule has 6 heteroatoms.